The normalized spacial score (nSPS) is 15.5. The third-order valence-electron chi connectivity index (χ3n) is 4.78. The first-order chi connectivity index (χ1) is 14.1. The van der Waals surface area contributed by atoms with Gasteiger partial charge in [-0.1, -0.05) is 29.8 Å². The van der Waals surface area contributed by atoms with Crippen molar-refractivity contribution in [3.05, 3.63) is 64.7 Å². The van der Waals surface area contributed by atoms with Gasteiger partial charge in [-0.2, -0.15) is 5.10 Å². The Morgan fingerprint density at radius 2 is 1.79 bits per heavy atom. The van der Waals surface area contributed by atoms with Crippen molar-refractivity contribution in [2.24, 2.45) is 5.10 Å². The van der Waals surface area contributed by atoms with Crippen LogP contribution in [-0.2, 0) is 11.3 Å². The quantitative estimate of drug-likeness (QED) is 0.533. The van der Waals surface area contributed by atoms with Crippen molar-refractivity contribution >= 4 is 23.7 Å². The molecule has 29 heavy (non-hydrogen) atoms. The largest absolute Gasteiger partial charge is 0.494 e. The van der Waals surface area contributed by atoms with Gasteiger partial charge in [-0.05, 0) is 48.4 Å². The van der Waals surface area contributed by atoms with Gasteiger partial charge in [-0.3, -0.25) is 14.6 Å². The monoisotopic (exact) mass is 414 g/mol. The summed E-state index contributed by atoms with van der Waals surface area (Å²) >= 11 is 6.25. The number of piperazine rings is 1. The first-order valence-corrected chi connectivity index (χ1v) is 10.2. The summed E-state index contributed by atoms with van der Waals surface area (Å²) in [7, 11) is 0. The Morgan fingerprint density at radius 1 is 1.10 bits per heavy atom. The number of hydrazone groups is 1. The zero-order valence-corrected chi connectivity index (χ0v) is 17.4. The molecule has 1 N–H and O–H groups in total. The molecule has 0 unspecified atom stereocenters. The Kier molecular flexibility index (Phi) is 8.04. The lowest BCUT2D eigenvalue weighted by Gasteiger charge is -2.34. The first-order valence-electron chi connectivity index (χ1n) is 9.87. The Morgan fingerprint density at radius 3 is 2.48 bits per heavy atom. The van der Waals surface area contributed by atoms with Gasteiger partial charge in [0.1, 0.15) is 5.75 Å². The average Bonchev–Trinajstić information content (AvgIpc) is 2.73. The number of ether oxygens (including phenoxy) is 1. The maximum absolute atomic E-state index is 12.1. The fourth-order valence-electron chi connectivity index (χ4n) is 3.21. The molecule has 0 spiro atoms. The number of nitrogens with one attached hydrogen (secondary N) is 1. The molecular formula is C22H27ClN4O2. The summed E-state index contributed by atoms with van der Waals surface area (Å²) in [6.45, 7) is 7.29. The van der Waals surface area contributed by atoms with Gasteiger partial charge < -0.3 is 4.74 Å². The number of amides is 1. The second kappa shape index (κ2) is 11.0. The number of rotatable bonds is 8. The van der Waals surface area contributed by atoms with Crippen molar-refractivity contribution in [3.8, 4) is 5.75 Å². The lowest BCUT2D eigenvalue weighted by atomic mass is 10.2. The second-order valence-corrected chi connectivity index (χ2v) is 7.35. The predicted molar refractivity (Wildman–Crippen MR) is 117 cm³/mol. The molecule has 0 radical (unpaired) electrons. The van der Waals surface area contributed by atoms with Gasteiger partial charge in [0, 0.05) is 37.7 Å². The van der Waals surface area contributed by atoms with Gasteiger partial charge in [-0.15, -0.1) is 0 Å². The van der Waals surface area contributed by atoms with E-state index in [2.05, 4.69) is 26.4 Å². The average molecular weight is 415 g/mol. The van der Waals surface area contributed by atoms with Crippen molar-refractivity contribution in [3.63, 3.8) is 0 Å². The molecule has 1 heterocycles. The Hall–Kier alpha value is -2.41. The molecule has 0 aromatic heterocycles. The molecule has 1 aliphatic heterocycles. The van der Waals surface area contributed by atoms with E-state index in [1.165, 1.54) is 0 Å². The summed E-state index contributed by atoms with van der Waals surface area (Å²) in [6, 6.07) is 15.5. The van der Waals surface area contributed by atoms with Gasteiger partial charge in [0.25, 0.3) is 5.91 Å². The second-order valence-electron chi connectivity index (χ2n) is 6.94. The van der Waals surface area contributed by atoms with Crippen LogP contribution < -0.4 is 10.2 Å². The Labute approximate surface area is 177 Å². The van der Waals surface area contributed by atoms with Crippen molar-refractivity contribution in [1.29, 1.82) is 0 Å². The summed E-state index contributed by atoms with van der Waals surface area (Å²) in [5, 5.41) is 4.85. The van der Waals surface area contributed by atoms with Crippen LogP contribution in [0.3, 0.4) is 0 Å². The molecule has 1 saturated heterocycles. The minimum atomic E-state index is -0.105. The lowest BCUT2D eigenvalue weighted by molar-refractivity contribution is -0.122. The van der Waals surface area contributed by atoms with Crippen LogP contribution in [0.2, 0.25) is 5.02 Å². The van der Waals surface area contributed by atoms with Crippen LogP contribution in [0.25, 0.3) is 0 Å². The van der Waals surface area contributed by atoms with Crippen molar-refractivity contribution < 1.29 is 9.53 Å². The predicted octanol–water partition coefficient (Wildman–Crippen LogP) is 3.01. The van der Waals surface area contributed by atoms with Crippen LogP contribution in [0.4, 0.5) is 0 Å². The van der Waals surface area contributed by atoms with E-state index in [-0.39, 0.29) is 5.91 Å². The minimum absolute atomic E-state index is 0.105. The molecule has 3 rings (SSSR count). The Balaban J connectivity index is 1.37. The summed E-state index contributed by atoms with van der Waals surface area (Å²) in [4.78, 5) is 16.6. The van der Waals surface area contributed by atoms with E-state index in [1.807, 2.05) is 49.4 Å². The van der Waals surface area contributed by atoms with Crippen molar-refractivity contribution in [2.45, 2.75) is 13.5 Å². The number of halogens is 1. The zero-order chi connectivity index (χ0) is 20.5. The molecule has 1 amide bonds. The molecule has 0 bridgehead atoms. The van der Waals surface area contributed by atoms with Gasteiger partial charge in [0.2, 0.25) is 0 Å². The number of nitrogens with zero attached hydrogens (tertiary/aromatic N) is 3. The molecule has 0 aliphatic carbocycles. The third kappa shape index (κ3) is 6.85. The van der Waals surface area contributed by atoms with Crippen LogP contribution in [-0.4, -0.2) is 61.3 Å². The number of hydrogen-bond donors (Lipinski definition) is 1. The molecule has 154 valence electrons. The smallest absolute Gasteiger partial charge is 0.254 e. The van der Waals surface area contributed by atoms with Gasteiger partial charge in [0.05, 0.1) is 19.4 Å². The molecule has 0 atom stereocenters. The highest BCUT2D eigenvalue weighted by atomic mass is 35.5. The first kappa shape index (κ1) is 21.3. The fraction of sp³-hybridized carbons (Fsp3) is 0.364. The highest BCUT2D eigenvalue weighted by Gasteiger charge is 2.19. The maximum atomic E-state index is 12.1. The number of carbonyl (C=O) groups excluding carboxylic acids is 1. The van der Waals surface area contributed by atoms with E-state index in [4.69, 9.17) is 16.3 Å². The van der Waals surface area contributed by atoms with E-state index in [9.17, 15) is 4.79 Å². The Bertz CT molecular complexity index is 818. The number of hydrogen-bond acceptors (Lipinski definition) is 5. The van der Waals surface area contributed by atoms with E-state index in [0.717, 1.165) is 54.6 Å². The van der Waals surface area contributed by atoms with E-state index in [1.54, 1.807) is 6.21 Å². The number of carbonyl (C=O) groups is 1. The molecule has 2 aromatic carbocycles. The summed E-state index contributed by atoms with van der Waals surface area (Å²) in [5.41, 5.74) is 4.65. The van der Waals surface area contributed by atoms with E-state index < -0.39 is 0 Å². The number of benzene rings is 2. The van der Waals surface area contributed by atoms with Crippen LogP contribution in [0.15, 0.2) is 53.6 Å². The van der Waals surface area contributed by atoms with E-state index >= 15 is 0 Å². The zero-order valence-electron chi connectivity index (χ0n) is 16.7. The van der Waals surface area contributed by atoms with Gasteiger partial charge in [0.15, 0.2) is 0 Å². The summed E-state index contributed by atoms with van der Waals surface area (Å²) in [5.74, 6) is 0.717. The fourth-order valence-corrected chi connectivity index (χ4v) is 3.40. The van der Waals surface area contributed by atoms with Crippen LogP contribution in [0.1, 0.15) is 18.1 Å². The summed E-state index contributed by atoms with van der Waals surface area (Å²) < 4.78 is 5.40. The molecule has 2 aromatic rings. The SMILES string of the molecule is CCOc1ccc(/C=N/NC(=O)CN2CCN(Cc3ccccc3Cl)CC2)cc1. The molecule has 7 heteroatoms. The summed E-state index contributed by atoms with van der Waals surface area (Å²) in [6.07, 6.45) is 1.63. The van der Waals surface area contributed by atoms with Crippen LogP contribution >= 0.6 is 11.6 Å². The van der Waals surface area contributed by atoms with Crippen LogP contribution in [0.5, 0.6) is 5.75 Å². The maximum Gasteiger partial charge on any atom is 0.254 e. The highest BCUT2D eigenvalue weighted by molar-refractivity contribution is 6.31. The molecule has 1 aliphatic rings. The molecule has 0 saturated carbocycles. The third-order valence-corrected chi connectivity index (χ3v) is 5.15. The lowest BCUT2D eigenvalue weighted by Crippen LogP contribution is -2.48. The molecule has 1 fully saturated rings. The van der Waals surface area contributed by atoms with Gasteiger partial charge >= 0.3 is 0 Å². The van der Waals surface area contributed by atoms with Gasteiger partial charge in [-0.25, -0.2) is 5.43 Å². The van der Waals surface area contributed by atoms with Crippen molar-refractivity contribution in [2.75, 3.05) is 39.3 Å². The molecule has 6 nitrogen and oxygen atoms in total. The molecular weight excluding hydrogens is 388 g/mol. The highest BCUT2D eigenvalue weighted by Crippen LogP contribution is 2.17. The van der Waals surface area contributed by atoms with Crippen LogP contribution in [0, 0.1) is 0 Å². The minimum Gasteiger partial charge on any atom is -0.494 e. The topological polar surface area (TPSA) is 57.2 Å². The van der Waals surface area contributed by atoms with E-state index in [0.29, 0.717) is 13.2 Å². The van der Waals surface area contributed by atoms with Crippen molar-refractivity contribution in [1.82, 2.24) is 15.2 Å². The standard InChI is InChI=1S/C22H27ClN4O2/c1-2-29-20-9-7-18(8-10-20)15-24-25-22(28)17-27-13-11-26(12-14-27)16-19-5-3-4-6-21(19)23/h3-10,15H,2,11-14,16-17H2,1H3,(H,25,28)/b24-15+.